The van der Waals surface area contributed by atoms with Gasteiger partial charge in [-0.3, -0.25) is 0 Å². The molecule has 0 unspecified atom stereocenters. The van der Waals surface area contributed by atoms with Crippen molar-refractivity contribution in [2.45, 2.75) is 97.5 Å². The van der Waals surface area contributed by atoms with Gasteiger partial charge in [-0.2, -0.15) is 0 Å². The third-order valence-electron chi connectivity index (χ3n) is 7.25. The molecule has 3 aromatic rings. The van der Waals surface area contributed by atoms with E-state index in [1.165, 1.54) is 50.7 Å². The summed E-state index contributed by atoms with van der Waals surface area (Å²) in [7, 11) is 0. The highest BCUT2D eigenvalue weighted by molar-refractivity contribution is 5.94. The minimum Gasteiger partial charge on any atom is -0.507 e. The van der Waals surface area contributed by atoms with Crippen LogP contribution < -0.4 is 9.47 Å². The Kier molecular flexibility index (Phi) is 13.9. The highest BCUT2D eigenvalue weighted by atomic mass is 16.5. The van der Waals surface area contributed by atoms with Crippen LogP contribution in [0, 0.1) is 0 Å². The third-order valence-corrected chi connectivity index (χ3v) is 7.25. The number of hydrogen-bond donors (Lipinski definition) is 1. The molecule has 0 fully saturated rings. The van der Waals surface area contributed by atoms with Crippen molar-refractivity contribution in [3.8, 4) is 28.4 Å². The molecule has 0 aliphatic rings. The Bertz CT molecular complexity index is 1230. The van der Waals surface area contributed by atoms with Crippen molar-refractivity contribution in [1.29, 1.82) is 0 Å². The van der Waals surface area contributed by atoms with Gasteiger partial charge in [0, 0.05) is 6.07 Å². The second-order valence-corrected chi connectivity index (χ2v) is 10.9. The lowest BCUT2D eigenvalue weighted by Crippen LogP contribution is -2.15. The van der Waals surface area contributed by atoms with Gasteiger partial charge in [-0.05, 0) is 73.7 Å². The van der Waals surface area contributed by atoms with E-state index in [2.05, 4.69) is 13.8 Å². The van der Waals surface area contributed by atoms with E-state index < -0.39 is 5.97 Å². The van der Waals surface area contributed by atoms with Crippen LogP contribution in [0.5, 0.6) is 17.2 Å². The van der Waals surface area contributed by atoms with Gasteiger partial charge in [-0.25, -0.2) is 9.59 Å². The van der Waals surface area contributed by atoms with Gasteiger partial charge in [-0.1, -0.05) is 89.5 Å². The first-order chi connectivity index (χ1) is 20.4. The number of carbonyl (C=O) groups excluding carboxylic acids is 2. The SMILES string of the molecule is CCCCCCCCOc1ccc(C(=O)Oc2ccc(-c3ccc(C(=O)O[C@@H](C)CCCCCC)cc3)cc2)c(O)c1. The Morgan fingerprint density at radius 3 is 1.90 bits per heavy atom. The number of hydrogen-bond acceptors (Lipinski definition) is 6. The molecule has 6 nitrogen and oxygen atoms in total. The maximum atomic E-state index is 12.7. The van der Waals surface area contributed by atoms with E-state index in [1.807, 2.05) is 31.2 Å². The minimum absolute atomic E-state index is 0.0729. The van der Waals surface area contributed by atoms with Gasteiger partial charge >= 0.3 is 11.9 Å². The second kappa shape index (κ2) is 17.9. The minimum atomic E-state index is -0.648. The number of unbranched alkanes of at least 4 members (excludes halogenated alkanes) is 8. The zero-order chi connectivity index (χ0) is 30.2. The number of benzene rings is 3. The fraction of sp³-hybridized carbons (Fsp3) is 0.444. The molecule has 0 aromatic heterocycles. The molecule has 0 saturated heterocycles. The smallest absolute Gasteiger partial charge is 0.347 e. The summed E-state index contributed by atoms with van der Waals surface area (Å²) in [5.41, 5.74) is 2.42. The number of rotatable bonds is 18. The second-order valence-electron chi connectivity index (χ2n) is 10.9. The summed E-state index contributed by atoms with van der Waals surface area (Å²) in [6, 6.07) is 19.0. The number of esters is 2. The van der Waals surface area contributed by atoms with E-state index in [0.717, 1.165) is 43.2 Å². The molecule has 226 valence electrons. The molecule has 0 saturated carbocycles. The summed E-state index contributed by atoms with van der Waals surface area (Å²) in [4.78, 5) is 25.2. The van der Waals surface area contributed by atoms with Gasteiger partial charge in [-0.15, -0.1) is 0 Å². The average Bonchev–Trinajstić information content (AvgIpc) is 2.99. The Balaban J connectivity index is 1.48. The molecule has 1 atom stereocenters. The summed E-state index contributed by atoms with van der Waals surface area (Å²) >= 11 is 0. The lowest BCUT2D eigenvalue weighted by Gasteiger charge is -2.13. The first-order valence-corrected chi connectivity index (χ1v) is 15.5. The topological polar surface area (TPSA) is 82.1 Å². The molecule has 0 spiro atoms. The van der Waals surface area contributed by atoms with Crippen molar-refractivity contribution in [3.63, 3.8) is 0 Å². The molecule has 0 aliphatic heterocycles. The monoisotopic (exact) mass is 574 g/mol. The molecular formula is C36H46O6. The van der Waals surface area contributed by atoms with Gasteiger partial charge < -0.3 is 19.3 Å². The van der Waals surface area contributed by atoms with Crippen LogP contribution in [0.1, 0.15) is 112 Å². The summed E-state index contributed by atoms with van der Waals surface area (Å²) < 4.78 is 16.8. The number of phenolic OH excluding ortho intramolecular Hbond substituents is 1. The predicted octanol–water partition coefficient (Wildman–Crippen LogP) is 9.53. The molecule has 0 heterocycles. The van der Waals surface area contributed by atoms with Gasteiger partial charge in [0.1, 0.15) is 22.8 Å². The molecule has 3 aromatic carbocycles. The Morgan fingerprint density at radius 2 is 1.26 bits per heavy atom. The van der Waals surface area contributed by atoms with Crippen LogP contribution in [0.15, 0.2) is 66.7 Å². The van der Waals surface area contributed by atoms with Crippen LogP contribution in [0.4, 0.5) is 0 Å². The summed E-state index contributed by atoms with van der Waals surface area (Å²) in [5, 5.41) is 10.4. The van der Waals surface area contributed by atoms with E-state index in [1.54, 1.807) is 30.3 Å². The molecule has 42 heavy (non-hydrogen) atoms. The van der Waals surface area contributed by atoms with Crippen LogP contribution in [-0.4, -0.2) is 29.8 Å². The molecule has 6 heteroatoms. The predicted molar refractivity (Wildman–Crippen MR) is 167 cm³/mol. The first-order valence-electron chi connectivity index (χ1n) is 15.5. The third kappa shape index (κ3) is 10.9. The molecule has 0 aliphatic carbocycles. The summed E-state index contributed by atoms with van der Waals surface area (Å²) in [6.45, 7) is 6.89. The van der Waals surface area contributed by atoms with Gasteiger partial charge in [0.15, 0.2) is 0 Å². The van der Waals surface area contributed by atoms with Crippen molar-refractivity contribution in [3.05, 3.63) is 77.9 Å². The summed E-state index contributed by atoms with van der Waals surface area (Å²) in [6.07, 6.45) is 12.4. The van der Waals surface area contributed by atoms with Crippen LogP contribution in [-0.2, 0) is 4.74 Å². The zero-order valence-corrected chi connectivity index (χ0v) is 25.4. The average molecular weight is 575 g/mol. The molecular weight excluding hydrogens is 528 g/mol. The number of aromatic hydroxyl groups is 1. The Labute approximate surface area is 251 Å². The van der Waals surface area contributed by atoms with Gasteiger partial charge in [0.05, 0.1) is 18.3 Å². The fourth-order valence-electron chi connectivity index (χ4n) is 4.69. The molecule has 0 bridgehead atoms. The fourth-order valence-corrected chi connectivity index (χ4v) is 4.69. The quantitative estimate of drug-likeness (QED) is 0.0925. The Hall–Kier alpha value is -3.80. The zero-order valence-electron chi connectivity index (χ0n) is 25.4. The lowest BCUT2D eigenvalue weighted by molar-refractivity contribution is 0.0319. The van der Waals surface area contributed by atoms with Crippen LogP contribution in [0.2, 0.25) is 0 Å². The number of carbonyl (C=O) groups is 2. The van der Waals surface area contributed by atoms with Crippen molar-refractivity contribution < 1.29 is 28.9 Å². The van der Waals surface area contributed by atoms with Crippen molar-refractivity contribution >= 4 is 11.9 Å². The normalized spacial score (nSPS) is 11.6. The van der Waals surface area contributed by atoms with E-state index in [4.69, 9.17) is 14.2 Å². The van der Waals surface area contributed by atoms with Crippen LogP contribution in [0.25, 0.3) is 11.1 Å². The van der Waals surface area contributed by atoms with E-state index in [-0.39, 0.29) is 23.4 Å². The maximum absolute atomic E-state index is 12.7. The first kappa shape index (κ1) is 32.7. The van der Waals surface area contributed by atoms with Crippen molar-refractivity contribution in [2.24, 2.45) is 0 Å². The highest BCUT2D eigenvalue weighted by Crippen LogP contribution is 2.27. The number of ether oxygens (including phenoxy) is 3. The summed E-state index contributed by atoms with van der Waals surface area (Å²) in [5.74, 6) is -0.253. The van der Waals surface area contributed by atoms with Crippen molar-refractivity contribution in [2.75, 3.05) is 6.61 Å². The standard InChI is InChI=1S/C36H46O6/c1-4-6-8-10-11-13-25-40-32-23-24-33(34(37)26-32)36(39)42-31-21-19-29(20-22-31)28-15-17-30(18-16-28)35(38)41-27(3)14-12-9-7-5-2/h15-24,26-27,37H,4-14,25H2,1-3H3/t27-/m0/s1. The largest absolute Gasteiger partial charge is 0.507 e. The Morgan fingerprint density at radius 1 is 0.690 bits per heavy atom. The molecule has 0 amide bonds. The van der Waals surface area contributed by atoms with Gasteiger partial charge in [0.25, 0.3) is 0 Å². The van der Waals surface area contributed by atoms with E-state index >= 15 is 0 Å². The van der Waals surface area contributed by atoms with E-state index in [9.17, 15) is 14.7 Å². The lowest BCUT2D eigenvalue weighted by atomic mass is 10.0. The maximum Gasteiger partial charge on any atom is 0.347 e. The number of phenols is 1. The highest BCUT2D eigenvalue weighted by Gasteiger charge is 2.16. The van der Waals surface area contributed by atoms with Crippen molar-refractivity contribution in [1.82, 2.24) is 0 Å². The molecule has 0 radical (unpaired) electrons. The molecule has 3 rings (SSSR count). The van der Waals surface area contributed by atoms with Gasteiger partial charge in [0.2, 0.25) is 0 Å². The van der Waals surface area contributed by atoms with E-state index in [0.29, 0.717) is 23.7 Å². The van der Waals surface area contributed by atoms with Crippen LogP contribution >= 0.6 is 0 Å². The molecule has 1 N–H and O–H groups in total. The van der Waals surface area contributed by atoms with Crippen LogP contribution in [0.3, 0.4) is 0 Å².